The summed E-state index contributed by atoms with van der Waals surface area (Å²) in [6, 6.07) is 12.4. The molecule has 3 rings (SSSR count). The number of benzene rings is 2. The number of hydrogen-bond acceptors (Lipinski definition) is 4. The fourth-order valence-electron chi connectivity index (χ4n) is 2.44. The fraction of sp³-hybridized carbons (Fsp3) is 0.167. The van der Waals surface area contributed by atoms with Gasteiger partial charge in [0, 0.05) is 18.3 Å². The maximum atomic E-state index is 12.4. The highest BCUT2D eigenvalue weighted by Crippen LogP contribution is 2.24. The molecule has 0 aliphatic rings. The van der Waals surface area contributed by atoms with Gasteiger partial charge in [0.1, 0.15) is 11.6 Å². The molecule has 6 nitrogen and oxygen atoms in total. The van der Waals surface area contributed by atoms with Gasteiger partial charge in [-0.2, -0.15) is 0 Å². The number of carbonyl (C=O) groups excluding carboxylic acids is 1. The topological polar surface area (TPSA) is 80.0 Å². The summed E-state index contributed by atoms with van der Waals surface area (Å²) in [5.74, 6) is 1.17. The molecule has 1 heterocycles. The van der Waals surface area contributed by atoms with Crippen LogP contribution >= 0.6 is 0 Å². The number of rotatable bonds is 3. The summed E-state index contributed by atoms with van der Waals surface area (Å²) in [5, 5.41) is 21.0. The lowest BCUT2D eigenvalue weighted by molar-refractivity contribution is 0.102. The SMILES string of the molecule is Cc1cccc(C(=O)Nc2cccc(-c3nnc(C)n3C)c2)c1O. The molecule has 0 unspecified atom stereocenters. The van der Waals surface area contributed by atoms with Gasteiger partial charge in [0.15, 0.2) is 5.82 Å². The first-order valence-electron chi connectivity index (χ1n) is 7.53. The van der Waals surface area contributed by atoms with Crippen LogP contribution in [0.3, 0.4) is 0 Å². The van der Waals surface area contributed by atoms with Crippen LogP contribution in [0.4, 0.5) is 5.69 Å². The van der Waals surface area contributed by atoms with Crippen molar-refractivity contribution >= 4 is 11.6 Å². The average molecular weight is 322 g/mol. The van der Waals surface area contributed by atoms with Crippen molar-refractivity contribution in [2.75, 3.05) is 5.32 Å². The summed E-state index contributed by atoms with van der Waals surface area (Å²) in [4.78, 5) is 12.4. The summed E-state index contributed by atoms with van der Waals surface area (Å²) >= 11 is 0. The number of para-hydroxylation sites is 1. The van der Waals surface area contributed by atoms with E-state index in [1.165, 1.54) is 0 Å². The highest BCUT2D eigenvalue weighted by molar-refractivity contribution is 6.06. The third kappa shape index (κ3) is 2.86. The number of nitrogens with one attached hydrogen (secondary N) is 1. The molecule has 2 aromatic carbocycles. The first-order valence-corrected chi connectivity index (χ1v) is 7.53. The van der Waals surface area contributed by atoms with E-state index in [2.05, 4.69) is 15.5 Å². The molecular weight excluding hydrogens is 304 g/mol. The summed E-state index contributed by atoms with van der Waals surface area (Å²) in [6.45, 7) is 3.63. The Morgan fingerprint density at radius 1 is 1.12 bits per heavy atom. The predicted molar refractivity (Wildman–Crippen MR) is 92.0 cm³/mol. The minimum atomic E-state index is -0.359. The number of carbonyl (C=O) groups is 1. The van der Waals surface area contributed by atoms with E-state index in [1.54, 1.807) is 31.2 Å². The van der Waals surface area contributed by atoms with Crippen LogP contribution in [0.1, 0.15) is 21.7 Å². The van der Waals surface area contributed by atoms with Crippen LogP contribution in [0.25, 0.3) is 11.4 Å². The molecule has 0 aliphatic heterocycles. The van der Waals surface area contributed by atoms with Gasteiger partial charge in [0.2, 0.25) is 0 Å². The number of anilines is 1. The minimum Gasteiger partial charge on any atom is -0.507 e. The Morgan fingerprint density at radius 2 is 1.88 bits per heavy atom. The number of aromatic hydroxyl groups is 1. The normalized spacial score (nSPS) is 10.6. The van der Waals surface area contributed by atoms with E-state index in [0.717, 1.165) is 17.2 Å². The van der Waals surface area contributed by atoms with Crippen molar-refractivity contribution < 1.29 is 9.90 Å². The molecule has 0 atom stereocenters. The Labute approximate surface area is 139 Å². The number of hydrogen-bond donors (Lipinski definition) is 2. The Hall–Kier alpha value is -3.15. The second-order valence-electron chi connectivity index (χ2n) is 5.64. The van der Waals surface area contributed by atoms with E-state index < -0.39 is 0 Å². The zero-order valence-corrected chi connectivity index (χ0v) is 13.7. The van der Waals surface area contributed by atoms with Crippen molar-refractivity contribution in [1.29, 1.82) is 0 Å². The van der Waals surface area contributed by atoms with Gasteiger partial charge in [-0.15, -0.1) is 10.2 Å². The van der Waals surface area contributed by atoms with E-state index in [1.807, 2.05) is 36.7 Å². The van der Waals surface area contributed by atoms with Gasteiger partial charge in [0.05, 0.1) is 5.56 Å². The van der Waals surface area contributed by atoms with Crippen LogP contribution in [0, 0.1) is 13.8 Å². The first kappa shape index (κ1) is 15.7. The number of aryl methyl sites for hydroxylation is 2. The fourth-order valence-corrected chi connectivity index (χ4v) is 2.44. The lowest BCUT2D eigenvalue weighted by atomic mass is 10.1. The molecule has 122 valence electrons. The Morgan fingerprint density at radius 3 is 2.58 bits per heavy atom. The van der Waals surface area contributed by atoms with E-state index in [-0.39, 0.29) is 17.2 Å². The third-order valence-corrected chi connectivity index (χ3v) is 3.95. The van der Waals surface area contributed by atoms with Crippen LogP contribution in [0.5, 0.6) is 5.75 Å². The van der Waals surface area contributed by atoms with E-state index in [4.69, 9.17) is 0 Å². The standard InChI is InChI=1S/C18H18N4O2/c1-11-6-4-9-15(16(11)23)18(24)19-14-8-5-7-13(10-14)17-21-20-12(2)22(17)3/h4-10,23H,1-3H3,(H,19,24). The summed E-state index contributed by atoms with van der Waals surface area (Å²) < 4.78 is 1.88. The molecule has 1 amide bonds. The van der Waals surface area contributed by atoms with Crippen LogP contribution in [-0.2, 0) is 7.05 Å². The number of aromatic nitrogens is 3. The molecule has 0 saturated carbocycles. The maximum Gasteiger partial charge on any atom is 0.259 e. The molecule has 0 radical (unpaired) electrons. The Bertz CT molecular complexity index is 915. The minimum absolute atomic E-state index is 0.00455. The zero-order valence-electron chi connectivity index (χ0n) is 13.7. The zero-order chi connectivity index (χ0) is 17.3. The summed E-state index contributed by atoms with van der Waals surface area (Å²) in [7, 11) is 1.89. The Kier molecular flexibility index (Phi) is 4.04. The van der Waals surface area contributed by atoms with Crippen molar-refractivity contribution in [3.05, 3.63) is 59.4 Å². The second kappa shape index (κ2) is 6.16. The summed E-state index contributed by atoms with van der Waals surface area (Å²) in [6.07, 6.45) is 0. The molecule has 0 aliphatic carbocycles. The monoisotopic (exact) mass is 322 g/mol. The van der Waals surface area contributed by atoms with Crippen molar-refractivity contribution in [2.45, 2.75) is 13.8 Å². The van der Waals surface area contributed by atoms with Gasteiger partial charge in [-0.05, 0) is 37.6 Å². The molecule has 24 heavy (non-hydrogen) atoms. The third-order valence-electron chi connectivity index (χ3n) is 3.95. The molecule has 0 saturated heterocycles. The first-order chi connectivity index (χ1) is 11.5. The van der Waals surface area contributed by atoms with Crippen LogP contribution < -0.4 is 5.32 Å². The molecular formula is C18H18N4O2. The van der Waals surface area contributed by atoms with Gasteiger partial charge in [0.25, 0.3) is 5.91 Å². The molecule has 2 N–H and O–H groups in total. The number of phenols is 1. The smallest absolute Gasteiger partial charge is 0.259 e. The Balaban J connectivity index is 1.89. The lowest BCUT2D eigenvalue weighted by Crippen LogP contribution is -2.12. The second-order valence-corrected chi connectivity index (χ2v) is 5.64. The van der Waals surface area contributed by atoms with Gasteiger partial charge >= 0.3 is 0 Å². The quantitative estimate of drug-likeness (QED) is 0.776. The van der Waals surface area contributed by atoms with Crippen LogP contribution in [-0.4, -0.2) is 25.8 Å². The van der Waals surface area contributed by atoms with Crippen molar-refractivity contribution in [3.63, 3.8) is 0 Å². The van der Waals surface area contributed by atoms with Gasteiger partial charge in [-0.1, -0.05) is 24.3 Å². The highest BCUT2D eigenvalue weighted by Gasteiger charge is 2.14. The van der Waals surface area contributed by atoms with Crippen molar-refractivity contribution in [2.24, 2.45) is 7.05 Å². The molecule has 0 spiro atoms. The molecule has 3 aromatic rings. The predicted octanol–water partition coefficient (Wildman–Crippen LogP) is 3.06. The van der Waals surface area contributed by atoms with E-state index in [9.17, 15) is 9.90 Å². The number of nitrogens with zero attached hydrogens (tertiary/aromatic N) is 3. The van der Waals surface area contributed by atoms with Gasteiger partial charge < -0.3 is 15.0 Å². The number of phenolic OH excluding ortho intramolecular Hbond substituents is 1. The van der Waals surface area contributed by atoms with Crippen molar-refractivity contribution in [1.82, 2.24) is 14.8 Å². The van der Waals surface area contributed by atoms with Crippen molar-refractivity contribution in [3.8, 4) is 17.1 Å². The molecule has 6 heteroatoms. The van der Waals surface area contributed by atoms with E-state index >= 15 is 0 Å². The molecule has 1 aromatic heterocycles. The largest absolute Gasteiger partial charge is 0.507 e. The average Bonchev–Trinajstić information content (AvgIpc) is 2.90. The molecule has 0 fully saturated rings. The van der Waals surface area contributed by atoms with E-state index in [0.29, 0.717) is 11.3 Å². The number of amides is 1. The maximum absolute atomic E-state index is 12.4. The summed E-state index contributed by atoms with van der Waals surface area (Å²) in [5.41, 5.74) is 2.38. The lowest BCUT2D eigenvalue weighted by Gasteiger charge is -2.09. The highest BCUT2D eigenvalue weighted by atomic mass is 16.3. The van der Waals surface area contributed by atoms with Crippen LogP contribution in [0.2, 0.25) is 0 Å². The molecule has 0 bridgehead atoms. The van der Waals surface area contributed by atoms with Crippen LogP contribution in [0.15, 0.2) is 42.5 Å². The van der Waals surface area contributed by atoms with Gasteiger partial charge in [-0.25, -0.2) is 0 Å². The van der Waals surface area contributed by atoms with Gasteiger partial charge in [-0.3, -0.25) is 4.79 Å².